The van der Waals surface area contributed by atoms with Crippen LogP contribution >= 0.6 is 0 Å². The van der Waals surface area contributed by atoms with E-state index in [2.05, 4.69) is 10.5 Å². The number of carboxylic acid groups (broad SMARTS) is 1. The van der Waals surface area contributed by atoms with E-state index in [1.807, 2.05) is 0 Å². The monoisotopic (exact) mass is 269 g/mol. The number of carboxylic acids is 1. The van der Waals surface area contributed by atoms with Crippen LogP contribution in [0.1, 0.15) is 30.4 Å². The van der Waals surface area contributed by atoms with Crippen LogP contribution in [0.2, 0.25) is 0 Å². The van der Waals surface area contributed by atoms with Crippen LogP contribution in [0.3, 0.4) is 0 Å². The van der Waals surface area contributed by atoms with Crippen LogP contribution in [0.5, 0.6) is 0 Å². The molecule has 2 amide bonds. The lowest BCUT2D eigenvalue weighted by Crippen LogP contribution is -2.40. The van der Waals surface area contributed by atoms with E-state index < -0.39 is 5.97 Å². The second kappa shape index (κ2) is 6.77. The highest BCUT2D eigenvalue weighted by Crippen LogP contribution is 2.11. The van der Waals surface area contributed by atoms with Gasteiger partial charge in [-0.25, -0.2) is 4.79 Å². The van der Waals surface area contributed by atoms with Gasteiger partial charge in [-0.1, -0.05) is 5.16 Å². The lowest BCUT2D eigenvalue weighted by atomic mass is 10.2. The number of hydrogen-bond donors (Lipinski definition) is 2. The molecule has 0 saturated heterocycles. The SMILES string of the molecule is CCN(CCC(=O)O)C(=O)NCc1c(C)noc1C. The molecule has 0 fully saturated rings. The quantitative estimate of drug-likeness (QED) is 0.811. The van der Waals surface area contributed by atoms with Gasteiger partial charge in [-0.05, 0) is 20.8 Å². The molecular formula is C12H19N3O4. The van der Waals surface area contributed by atoms with Gasteiger partial charge in [-0.3, -0.25) is 4.79 Å². The Morgan fingerprint density at radius 3 is 2.58 bits per heavy atom. The summed E-state index contributed by atoms with van der Waals surface area (Å²) in [6.45, 7) is 6.37. The van der Waals surface area contributed by atoms with Gasteiger partial charge in [0.1, 0.15) is 5.76 Å². The Morgan fingerprint density at radius 2 is 2.11 bits per heavy atom. The highest BCUT2D eigenvalue weighted by atomic mass is 16.5. The first-order valence-corrected chi connectivity index (χ1v) is 6.12. The van der Waals surface area contributed by atoms with E-state index in [0.29, 0.717) is 18.8 Å². The smallest absolute Gasteiger partial charge is 0.317 e. The van der Waals surface area contributed by atoms with Crippen LogP contribution in [0, 0.1) is 13.8 Å². The Morgan fingerprint density at radius 1 is 1.42 bits per heavy atom. The van der Waals surface area contributed by atoms with Gasteiger partial charge in [0.25, 0.3) is 0 Å². The average Bonchev–Trinajstić information content (AvgIpc) is 2.67. The fourth-order valence-electron chi connectivity index (χ4n) is 1.66. The Hall–Kier alpha value is -2.05. The van der Waals surface area contributed by atoms with Gasteiger partial charge >= 0.3 is 12.0 Å². The van der Waals surface area contributed by atoms with Crippen LogP contribution in [-0.2, 0) is 11.3 Å². The van der Waals surface area contributed by atoms with Crippen molar-refractivity contribution in [3.63, 3.8) is 0 Å². The van der Waals surface area contributed by atoms with Crippen molar-refractivity contribution >= 4 is 12.0 Å². The molecule has 0 spiro atoms. The van der Waals surface area contributed by atoms with E-state index in [9.17, 15) is 9.59 Å². The minimum Gasteiger partial charge on any atom is -0.481 e. The Balaban J connectivity index is 2.51. The maximum Gasteiger partial charge on any atom is 0.317 e. The van der Waals surface area contributed by atoms with Crippen LogP contribution in [0.4, 0.5) is 4.79 Å². The number of aliphatic carboxylic acids is 1. The summed E-state index contributed by atoms with van der Waals surface area (Å²) in [4.78, 5) is 23.8. The number of hydrogen-bond acceptors (Lipinski definition) is 4. The maximum absolute atomic E-state index is 11.9. The fourth-order valence-corrected chi connectivity index (χ4v) is 1.66. The predicted octanol–water partition coefficient (Wildman–Crippen LogP) is 1.30. The number of nitrogens with one attached hydrogen (secondary N) is 1. The van der Waals surface area contributed by atoms with Crippen molar-refractivity contribution in [2.24, 2.45) is 0 Å². The van der Waals surface area contributed by atoms with Gasteiger partial charge in [0.05, 0.1) is 12.1 Å². The number of amides is 2. The number of urea groups is 1. The second-order valence-corrected chi connectivity index (χ2v) is 4.18. The lowest BCUT2D eigenvalue weighted by molar-refractivity contribution is -0.137. The molecule has 0 aliphatic rings. The Bertz CT molecular complexity index is 436. The zero-order valence-corrected chi connectivity index (χ0v) is 11.4. The number of nitrogens with zero attached hydrogens (tertiary/aromatic N) is 2. The van der Waals surface area contributed by atoms with Crippen molar-refractivity contribution in [3.8, 4) is 0 Å². The molecule has 0 bridgehead atoms. The molecule has 1 aromatic heterocycles. The molecular weight excluding hydrogens is 250 g/mol. The van der Waals surface area contributed by atoms with Gasteiger partial charge in [-0.2, -0.15) is 0 Å². The summed E-state index contributed by atoms with van der Waals surface area (Å²) in [7, 11) is 0. The van der Waals surface area contributed by atoms with Crippen LogP contribution in [0.15, 0.2) is 4.52 Å². The van der Waals surface area contributed by atoms with Crippen LogP contribution in [0.25, 0.3) is 0 Å². The van der Waals surface area contributed by atoms with E-state index in [4.69, 9.17) is 9.63 Å². The Kier molecular flexibility index (Phi) is 5.35. The molecule has 2 N–H and O–H groups in total. The van der Waals surface area contributed by atoms with E-state index in [-0.39, 0.29) is 19.0 Å². The summed E-state index contributed by atoms with van der Waals surface area (Å²) < 4.78 is 5.00. The third kappa shape index (κ3) is 4.27. The first kappa shape index (κ1) is 15.0. The van der Waals surface area contributed by atoms with Gasteiger partial charge < -0.3 is 19.8 Å². The summed E-state index contributed by atoms with van der Waals surface area (Å²) in [5, 5.41) is 15.2. The molecule has 0 aromatic carbocycles. The van der Waals surface area contributed by atoms with E-state index in [0.717, 1.165) is 11.3 Å². The molecule has 0 unspecified atom stereocenters. The fraction of sp³-hybridized carbons (Fsp3) is 0.583. The summed E-state index contributed by atoms with van der Waals surface area (Å²) in [5.74, 6) is -0.247. The largest absolute Gasteiger partial charge is 0.481 e. The summed E-state index contributed by atoms with van der Waals surface area (Å²) in [6.07, 6.45) is -0.0629. The van der Waals surface area contributed by atoms with Crippen molar-refractivity contribution in [1.29, 1.82) is 0 Å². The third-order valence-corrected chi connectivity index (χ3v) is 2.86. The zero-order valence-electron chi connectivity index (χ0n) is 11.4. The minimum atomic E-state index is -0.919. The van der Waals surface area contributed by atoms with E-state index >= 15 is 0 Å². The van der Waals surface area contributed by atoms with Gasteiger partial charge in [-0.15, -0.1) is 0 Å². The van der Waals surface area contributed by atoms with Crippen molar-refractivity contribution in [3.05, 3.63) is 17.0 Å². The molecule has 1 rings (SSSR count). The molecule has 0 aliphatic carbocycles. The standard InChI is InChI=1S/C12H19N3O4/c1-4-15(6-5-11(16)17)12(18)13-7-10-8(2)14-19-9(10)3/h4-7H2,1-3H3,(H,13,18)(H,16,17). The summed E-state index contributed by atoms with van der Waals surface area (Å²) in [5.41, 5.74) is 1.59. The number of carbonyl (C=O) groups excluding carboxylic acids is 1. The number of aryl methyl sites for hydroxylation is 2. The topological polar surface area (TPSA) is 95.7 Å². The molecule has 1 heterocycles. The van der Waals surface area contributed by atoms with Crippen LogP contribution < -0.4 is 5.32 Å². The first-order chi connectivity index (χ1) is 8.95. The Labute approximate surface area is 111 Å². The number of rotatable bonds is 6. The zero-order chi connectivity index (χ0) is 14.4. The molecule has 19 heavy (non-hydrogen) atoms. The van der Waals surface area contributed by atoms with Crippen LogP contribution in [-0.4, -0.2) is 40.3 Å². The highest BCUT2D eigenvalue weighted by molar-refractivity contribution is 5.75. The molecule has 0 radical (unpaired) electrons. The van der Waals surface area contributed by atoms with Crippen molar-refractivity contribution in [2.45, 2.75) is 33.7 Å². The summed E-state index contributed by atoms with van der Waals surface area (Å²) >= 11 is 0. The second-order valence-electron chi connectivity index (χ2n) is 4.18. The lowest BCUT2D eigenvalue weighted by Gasteiger charge is -2.20. The molecule has 0 atom stereocenters. The van der Waals surface area contributed by atoms with E-state index in [1.54, 1.807) is 20.8 Å². The van der Waals surface area contributed by atoms with Gasteiger partial charge in [0.2, 0.25) is 0 Å². The average molecular weight is 269 g/mol. The van der Waals surface area contributed by atoms with Crippen molar-refractivity contribution in [2.75, 3.05) is 13.1 Å². The molecule has 0 saturated carbocycles. The number of carbonyl (C=O) groups is 2. The first-order valence-electron chi connectivity index (χ1n) is 6.12. The molecule has 106 valence electrons. The molecule has 0 aliphatic heterocycles. The number of aromatic nitrogens is 1. The maximum atomic E-state index is 11.9. The molecule has 7 heteroatoms. The normalized spacial score (nSPS) is 10.3. The minimum absolute atomic E-state index is 0.0629. The summed E-state index contributed by atoms with van der Waals surface area (Å²) in [6, 6.07) is -0.288. The third-order valence-electron chi connectivity index (χ3n) is 2.86. The molecule has 7 nitrogen and oxygen atoms in total. The van der Waals surface area contributed by atoms with Crippen molar-refractivity contribution in [1.82, 2.24) is 15.4 Å². The van der Waals surface area contributed by atoms with Gasteiger partial charge in [0, 0.05) is 25.2 Å². The molecule has 1 aromatic rings. The van der Waals surface area contributed by atoms with Crippen molar-refractivity contribution < 1.29 is 19.2 Å². The van der Waals surface area contributed by atoms with Gasteiger partial charge in [0.15, 0.2) is 0 Å². The van der Waals surface area contributed by atoms with E-state index in [1.165, 1.54) is 4.90 Å². The predicted molar refractivity (Wildman–Crippen MR) is 67.7 cm³/mol. The highest BCUT2D eigenvalue weighted by Gasteiger charge is 2.15.